The topological polar surface area (TPSA) is 48.1 Å². The second-order valence-electron chi connectivity index (χ2n) is 4.54. The Morgan fingerprint density at radius 1 is 1.17 bits per heavy atom. The fraction of sp³-hybridized carbons (Fsp3) is 0.357. The van der Waals surface area contributed by atoms with E-state index < -0.39 is 0 Å². The van der Waals surface area contributed by atoms with Crippen LogP contribution in [0.1, 0.15) is 28.4 Å². The van der Waals surface area contributed by atoms with Crippen molar-refractivity contribution in [2.24, 2.45) is 0 Å². The zero-order valence-corrected chi connectivity index (χ0v) is 11.0. The number of aryl methyl sites for hydroxylation is 2. The maximum atomic E-state index is 5.72. The van der Waals surface area contributed by atoms with Crippen molar-refractivity contribution in [3.8, 4) is 5.75 Å². The first-order valence-corrected chi connectivity index (χ1v) is 7.09. The molecule has 0 fully saturated rings. The Balaban J connectivity index is 1.66. The molecule has 2 aromatic rings. The van der Waals surface area contributed by atoms with E-state index in [0.29, 0.717) is 6.61 Å². The van der Waals surface area contributed by atoms with Gasteiger partial charge in [0.15, 0.2) is 0 Å². The van der Waals surface area contributed by atoms with Crippen LogP contribution in [0.4, 0.5) is 5.69 Å². The van der Waals surface area contributed by atoms with Crippen molar-refractivity contribution in [3.63, 3.8) is 0 Å². The Labute approximate surface area is 111 Å². The highest BCUT2D eigenvalue weighted by Crippen LogP contribution is 2.27. The number of aromatic nitrogens is 1. The third-order valence-electron chi connectivity index (χ3n) is 3.13. The lowest BCUT2D eigenvalue weighted by Crippen LogP contribution is -1.99. The van der Waals surface area contributed by atoms with Crippen LogP contribution in [0.2, 0.25) is 0 Å². The average molecular weight is 260 g/mol. The molecule has 0 saturated heterocycles. The van der Waals surface area contributed by atoms with Crippen molar-refractivity contribution in [2.45, 2.75) is 32.3 Å². The van der Waals surface area contributed by atoms with Crippen LogP contribution in [0.3, 0.4) is 0 Å². The van der Waals surface area contributed by atoms with Gasteiger partial charge in [-0.1, -0.05) is 0 Å². The normalized spacial score (nSPS) is 14.2. The molecule has 94 valence electrons. The van der Waals surface area contributed by atoms with Crippen molar-refractivity contribution in [3.05, 3.63) is 39.8 Å². The standard InChI is InChI=1S/C14H16N2OS/c15-10-5-7-11(8-6-10)17-9-14-16-12-3-1-2-4-13(12)18-14/h5-8H,1-4,9,15H2. The number of fused-ring (bicyclic) bond motifs is 1. The van der Waals surface area contributed by atoms with Gasteiger partial charge in [-0.25, -0.2) is 4.98 Å². The van der Waals surface area contributed by atoms with Crippen LogP contribution in [0.15, 0.2) is 24.3 Å². The summed E-state index contributed by atoms with van der Waals surface area (Å²) in [5.74, 6) is 0.845. The van der Waals surface area contributed by atoms with Crippen LogP contribution < -0.4 is 10.5 Å². The summed E-state index contributed by atoms with van der Waals surface area (Å²) >= 11 is 1.80. The fourth-order valence-electron chi connectivity index (χ4n) is 2.18. The molecule has 1 heterocycles. The van der Waals surface area contributed by atoms with Crippen LogP contribution in [0, 0.1) is 0 Å². The van der Waals surface area contributed by atoms with Crippen molar-refractivity contribution in [1.29, 1.82) is 0 Å². The molecule has 0 radical (unpaired) electrons. The molecule has 0 unspecified atom stereocenters. The maximum absolute atomic E-state index is 5.72. The summed E-state index contributed by atoms with van der Waals surface area (Å²) in [6, 6.07) is 7.48. The smallest absolute Gasteiger partial charge is 0.140 e. The highest BCUT2D eigenvalue weighted by Gasteiger charge is 2.15. The molecular formula is C14H16N2OS. The number of anilines is 1. The van der Waals surface area contributed by atoms with Gasteiger partial charge in [-0.05, 0) is 49.9 Å². The molecule has 2 N–H and O–H groups in total. The summed E-state index contributed by atoms with van der Waals surface area (Å²) in [5.41, 5.74) is 7.68. The molecular weight excluding hydrogens is 244 g/mol. The number of nitrogens with zero attached hydrogens (tertiary/aromatic N) is 1. The number of nitrogens with two attached hydrogens (primary N) is 1. The average Bonchev–Trinajstić information content (AvgIpc) is 2.81. The van der Waals surface area contributed by atoms with Crippen molar-refractivity contribution >= 4 is 17.0 Å². The minimum absolute atomic E-state index is 0.557. The van der Waals surface area contributed by atoms with Gasteiger partial charge in [0.25, 0.3) is 0 Å². The van der Waals surface area contributed by atoms with E-state index in [1.54, 1.807) is 11.3 Å². The number of hydrogen-bond acceptors (Lipinski definition) is 4. The Morgan fingerprint density at radius 2 is 1.94 bits per heavy atom. The summed E-state index contributed by atoms with van der Waals surface area (Å²) < 4.78 is 5.72. The fourth-order valence-corrected chi connectivity index (χ4v) is 3.25. The van der Waals surface area contributed by atoms with E-state index in [2.05, 4.69) is 4.98 Å². The van der Waals surface area contributed by atoms with Gasteiger partial charge in [-0.3, -0.25) is 0 Å². The molecule has 0 spiro atoms. The minimum atomic E-state index is 0.557. The molecule has 18 heavy (non-hydrogen) atoms. The summed E-state index contributed by atoms with van der Waals surface area (Å²) in [7, 11) is 0. The van der Waals surface area contributed by atoms with Gasteiger partial charge in [-0.2, -0.15) is 0 Å². The maximum Gasteiger partial charge on any atom is 0.140 e. The van der Waals surface area contributed by atoms with E-state index in [0.717, 1.165) is 22.9 Å². The lowest BCUT2D eigenvalue weighted by atomic mass is 10.0. The molecule has 3 rings (SSSR count). The van der Waals surface area contributed by atoms with Gasteiger partial charge in [-0.15, -0.1) is 11.3 Å². The zero-order valence-electron chi connectivity index (χ0n) is 10.2. The predicted molar refractivity (Wildman–Crippen MR) is 73.9 cm³/mol. The lowest BCUT2D eigenvalue weighted by molar-refractivity contribution is 0.305. The highest BCUT2D eigenvalue weighted by atomic mass is 32.1. The third-order valence-corrected chi connectivity index (χ3v) is 4.26. The van der Waals surface area contributed by atoms with Crippen molar-refractivity contribution in [2.75, 3.05) is 5.73 Å². The van der Waals surface area contributed by atoms with E-state index in [4.69, 9.17) is 10.5 Å². The minimum Gasteiger partial charge on any atom is -0.486 e. The number of thiazole rings is 1. The van der Waals surface area contributed by atoms with Crippen LogP contribution in [0.5, 0.6) is 5.75 Å². The summed E-state index contributed by atoms with van der Waals surface area (Å²) in [6.07, 6.45) is 4.89. The first-order valence-electron chi connectivity index (χ1n) is 6.27. The molecule has 1 aliphatic carbocycles. The van der Waals surface area contributed by atoms with Crippen molar-refractivity contribution in [1.82, 2.24) is 4.98 Å². The van der Waals surface area contributed by atoms with E-state index >= 15 is 0 Å². The van der Waals surface area contributed by atoms with E-state index in [1.165, 1.54) is 29.8 Å². The van der Waals surface area contributed by atoms with Crippen LogP contribution in [0.25, 0.3) is 0 Å². The molecule has 1 aromatic heterocycles. The van der Waals surface area contributed by atoms with E-state index in [-0.39, 0.29) is 0 Å². The van der Waals surface area contributed by atoms with Gasteiger partial charge in [0.1, 0.15) is 17.4 Å². The van der Waals surface area contributed by atoms with E-state index in [1.807, 2.05) is 24.3 Å². The lowest BCUT2D eigenvalue weighted by Gasteiger charge is -2.06. The Kier molecular flexibility index (Phi) is 3.19. The number of nitrogen functional groups attached to an aromatic ring is 1. The molecule has 0 aliphatic heterocycles. The van der Waals surface area contributed by atoms with Gasteiger partial charge < -0.3 is 10.5 Å². The monoisotopic (exact) mass is 260 g/mol. The molecule has 0 atom stereocenters. The Bertz CT molecular complexity index is 510. The Morgan fingerprint density at radius 3 is 2.72 bits per heavy atom. The first-order chi connectivity index (χ1) is 8.81. The second kappa shape index (κ2) is 4.98. The molecule has 1 aliphatic rings. The SMILES string of the molecule is Nc1ccc(OCc2nc3c(s2)CCCC3)cc1. The number of hydrogen-bond donors (Lipinski definition) is 1. The second-order valence-corrected chi connectivity index (χ2v) is 5.71. The Hall–Kier alpha value is -1.55. The number of rotatable bonds is 3. The zero-order chi connectivity index (χ0) is 12.4. The molecule has 4 heteroatoms. The van der Waals surface area contributed by atoms with E-state index in [9.17, 15) is 0 Å². The van der Waals surface area contributed by atoms with Gasteiger partial charge in [0.2, 0.25) is 0 Å². The molecule has 0 amide bonds. The molecule has 3 nitrogen and oxygen atoms in total. The number of ether oxygens (including phenoxy) is 1. The summed E-state index contributed by atoms with van der Waals surface area (Å²) in [4.78, 5) is 6.11. The van der Waals surface area contributed by atoms with Gasteiger partial charge in [0.05, 0.1) is 5.69 Å². The first kappa shape index (κ1) is 11.5. The van der Waals surface area contributed by atoms with Crippen LogP contribution in [-0.4, -0.2) is 4.98 Å². The van der Waals surface area contributed by atoms with Gasteiger partial charge >= 0.3 is 0 Å². The number of benzene rings is 1. The molecule has 0 saturated carbocycles. The van der Waals surface area contributed by atoms with Crippen molar-refractivity contribution < 1.29 is 4.74 Å². The molecule has 1 aromatic carbocycles. The summed E-state index contributed by atoms with van der Waals surface area (Å²) in [6.45, 7) is 0.557. The predicted octanol–water partition coefficient (Wildman–Crippen LogP) is 3.18. The van der Waals surface area contributed by atoms with Crippen LogP contribution in [-0.2, 0) is 19.4 Å². The molecule has 0 bridgehead atoms. The summed E-state index contributed by atoms with van der Waals surface area (Å²) in [5, 5.41) is 1.08. The third kappa shape index (κ3) is 2.48. The quantitative estimate of drug-likeness (QED) is 0.862. The van der Waals surface area contributed by atoms with Gasteiger partial charge in [0, 0.05) is 10.6 Å². The van der Waals surface area contributed by atoms with Crippen LogP contribution >= 0.6 is 11.3 Å². The largest absolute Gasteiger partial charge is 0.486 e. The highest BCUT2D eigenvalue weighted by molar-refractivity contribution is 7.11.